The predicted octanol–water partition coefficient (Wildman–Crippen LogP) is 4.09. The van der Waals surface area contributed by atoms with Crippen molar-refractivity contribution in [1.29, 1.82) is 0 Å². The maximum Gasteiger partial charge on any atom is 0.246 e. The van der Waals surface area contributed by atoms with E-state index in [1.807, 2.05) is 12.1 Å². The van der Waals surface area contributed by atoms with Gasteiger partial charge >= 0.3 is 0 Å². The van der Waals surface area contributed by atoms with Crippen LogP contribution in [0.4, 0.5) is 11.4 Å². The molecule has 228 valence electrons. The minimum Gasteiger partial charge on any atom is -0.493 e. The van der Waals surface area contributed by atoms with Gasteiger partial charge in [-0.25, -0.2) is 4.98 Å². The molecule has 1 aromatic heterocycles. The lowest BCUT2D eigenvalue weighted by Crippen LogP contribution is -2.33. The Labute approximate surface area is 254 Å². The van der Waals surface area contributed by atoms with Gasteiger partial charge in [-0.3, -0.25) is 19.5 Å². The monoisotopic (exact) mass is 598 g/mol. The summed E-state index contributed by atoms with van der Waals surface area (Å²) in [6, 6.07) is 12.8. The van der Waals surface area contributed by atoms with Crippen LogP contribution in [-0.2, 0) is 16.0 Å². The Hall–Kier alpha value is -5.39. The summed E-state index contributed by atoms with van der Waals surface area (Å²) in [6.07, 6.45) is 2.53. The van der Waals surface area contributed by atoms with Gasteiger partial charge in [-0.05, 0) is 66.8 Å². The first-order chi connectivity index (χ1) is 21.2. The van der Waals surface area contributed by atoms with E-state index in [0.29, 0.717) is 52.7 Å². The Morgan fingerprint density at radius 3 is 2.50 bits per heavy atom. The number of carbonyl (C=O) groups excluding carboxylic acids is 2. The Morgan fingerprint density at radius 1 is 1.02 bits per heavy atom. The van der Waals surface area contributed by atoms with Crippen LogP contribution < -0.4 is 35.6 Å². The third-order valence-electron chi connectivity index (χ3n) is 7.50. The van der Waals surface area contributed by atoms with Crippen molar-refractivity contribution < 1.29 is 23.8 Å². The van der Waals surface area contributed by atoms with Gasteiger partial charge in [-0.15, -0.1) is 0 Å². The Morgan fingerprint density at radius 2 is 1.82 bits per heavy atom. The minimum atomic E-state index is -0.767. The number of rotatable bonds is 9. The van der Waals surface area contributed by atoms with Crippen molar-refractivity contribution in [2.24, 2.45) is 0 Å². The number of nitrogens with zero attached hydrogens (tertiary/aromatic N) is 2. The number of fused-ring (bicyclic) bond motifs is 3. The fraction of sp³-hybridized carbons (Fsp3) is 0.281. The van der Waals surface area contributed by atoms with Crippen molar-refractivity contribution in [2.45, 2.75) is 38.8 Å². The normalized spacial score (nSPS) is 14.2. The zero-order valence-corrected chi connectivity index (χ0v) is 25.1. The summed E-state index contributed by atoms with van der Waals surface area (Å²) in [5, 5.41) is 15.6. The number of aryl methyl sites for hydroxylation is 1. The highest BCUT2D eigenvalue weighted by Gasteiger charge is 2.29. The number of hydrogen-bond donors (Lipinski definition) is 4. The van der Waals surface area contributed by atoms with Gasteiger partial charge in [0.05, 0.1) is 33.1 Å². The van der Waals surface area contributed by atoms with Crippen molar-refractivity contribution in [3.05, 3.63) is 76.2 Å². The molecular formula is C32H34N6O6. The first-order valence-electron chi connectivity index (χ1n) is 14.0. The minimum absolute atomic E-state index is 0.219. The first kappa shape index (κ1) is 30.1. The van der Waals surface area contributed by atoms with Crippen molar-refractivity contribution in [2.75, 3.05) is 32.0 Å². The fourth-order valence-electron chi connectivity index (χ4n) is 5.47. The Balaban J connectivity index is 1.51. The summed E-state index contributed by atoms with van der Waals surface area (Å²) < 4.78 is 17.1. The molecule has 0 fully saturated rings. The first-order valence-corrected chi connectivity index (χ1v) is 14.0. The average molecular weight is 599 g/mol. The third-order valence-corrected chi connectivity index (χ3v) is 7.50. The zero-order chi connectivity index (χ0) is 31.4. The van der Waals surface area contributed by atoms with E-state index in [9.17, 15) is 14.4 Å². The topological polar surface area (TPSA) is 157 Å². The summed E-state index contributed by atoms with van der Waals surface area (Å²) in [7, 11) is 4.63. The molecule has 2 amide bonds. The fourth-order valence-corrected chi connectivity index (χ4v) is 5.47. The molecule has 1 aliphatic carbocycles. The number of hydrogen-bond acceptors (Lipinski definition) is 9. The molecular weight excluding hydrogens is 564 g/mol. The van der Waals surface area contributed by atoms with E-state index in [1.165, 1.54) is 26.4 Å². The number of H-pyrrole nitrogens is 1. The van der Waals surface area contributed by atoms with Crippen LogP contribution in [0.3, 0.4) is 0 Å². The van der Waals surface area contributed by atoms with Crippen LogP contribution >= 0.6 is 0 Å². The highest BCUT2D eigenvalue weighted by Crippen LogP contribution is 2.50. The van der Waals surface area contributed by atoms with Crippen LogP contribution in [0.15, 0.2) is 59.7 Å². The molecule has 0 saturated heterocycles. The van der Waals surface area contributed by atoms with Crippen LogP contribution in [0.25, 0.3) is 22.5 Å². The van der Waals surface area contributed by atoms with E-state index in [1.54, 1.807) is 51.5 Å². The standard InChI is InChI=1S/C32H34N6O6/c1-17(32(41)37-21-8-6-7-20(13-21)31-33-16-34-38-31)35-25-12-10-22-23(15-26(25)40)24(36-18(2)39)11-9-19-14-27(42-3)29(43-4)30(44-5)28(19)22/h6-8,10,12-17,24H,9,11H2,1-5H3,(H,35,40)(H,36,39)(H,37,41)(H,33,34,38)/t17-,24-/m0/s1. The van der Waals surface area contributed by atoms with Crippen LogP contribution in [-0.4, -0.2) is 54.4 Å². The van der Waals surface area contributed by atoms with E-state index < -0.39 is 12.1 Å². The second-order valence-corrected chi connectivity index (χ2v) is 10.4. The summed E-state index contributed by atoms with van der Waals surface area (Å²) in [5.41, 5.74) is 4.20. The molecule has 0 saturated carbocycles. The van der Waals surface area contributed by atoms with Crippen LogP contribution in [0.2, 0.25) is 0 Å². The second kappa shape index (κ2) is 12.9. The molecule has 4 aromatic rings. The van der Waals surface area contributed by atoms with Crippen molar-refractivity contribution in [1.82, 2.24) is 20.5 Å². The number of methoxy groups -OCH3 is 3. The molecule has 44 heavy (non-hydrogen) atoms. The lowest BCUT2D eigenvalue weighted by molar-refractivity contribution is -0.119. The van der Waals surface area contributed by atoms with Crippen LogP contribution in [0.5, 0.6) is 17.2 Å². The average Bonchev–Trinajstić information content (AvgIpc) is 3.46. The van der Waals surface area contributed by atoms with Crippen LogP contribution in [0, 0.1) is 0 Å². The molecule has 0 bridgehead atoms. The number of anilines is 2. The molecule has 12 nitrogen and oxygen atoms in total. The SMILES string of the molecule is COc1cc2c(c(OC)c1OC)-c1ccc(N[C@@H](C)C(=O)Nc3cccc(-c4ncn[nH]4)c3)c(=O)cc1[C@@H](NC(C)=O)CC2. The quantitative estimate of drug-likeness (QED) is 0.223. The molecule has 0 unspecified atom stereocenters. The van der Waals surface area contributed by atoms with Crippen molar-refractivity contribution in [3.8, 4) is 39.8 Å². The van der Waals surface area contributed by atoms with Gasteiger partial charge in [0.25, 0.3) is 0 Å². The molecule has 4 N–H and O–H groups in total. The van der Waals surface area contributed by atoms with Crippen molar-refractivity contribution >= 4 is 23.2 Å². The maximum atomic E-state index is 13.6. The number of ether oxygens (including phenoxy) is 3. The largest absolute Gasteiger partial charge is 0.493 e. The molecule has 0 radical (unpaired) electrons. The lowest BCUT2D eigenvalue weighted by atomic mass is 9.95. The summed E-state index contributed by atoms with van der Waals surface area (Å²) in [4.78, 5) is 43.1. The predicted molar refractivity (Wildman–Crippen MR) is 166 cm³/mol. The van der Waals surface area contributed by atoms with E-state index >= 15 is 0 Å². The summed E-state index contributed by atoms with van der Waals surface area (Å²) in [5.74, 6) is 1.41. The van der Waals surface area contributed by atoms with Gasteiger partial charge in [0.15, 0.2) is 17.3 Å². The number of amides is 2. The number of aromatic amines is 1. The van der Waals surface area contributed by atoms with Gasteiger partial charge in [-0.2, -0.15) is 5.10 Å². The molecule has 3 aromatic carbocycles. The van der Waals surface area contributed by atoms with E-state index in [-0.39, 0.29) is 22.9 Å². The number of benzene rings is 2. The molecule has 2 atom stereocenters. The summed E-state index contributed by atoms with van der Waals surface area (Å²) in [6.45, 7) is 3.11. The van der Waals surface area contributed by atoms with E-state index in [4.69, 9.17) is 14.2 Å². The van der Waals surface area contributed by atoms with Gasteiger partial charge in [0, 0.05) is 23.7 Å². The van der Waals surface area contributed by atoms with Gasteiger partial charge < -0.3 is 30.2 Å². The van der Waals surface area contributed by atoms with Gasteiger partial charge in [0.1, 0.15) is 12.4 Å². The van der Waals surface area contributed by atoms with Crippen molar-refractivity contribution in [3.63, 3.8) is 0 Å². The Kier molecular flexibility index (Phi) is 8.79. The lowest BCUT2D eigenvalue weighted by Gasteiger charge is -2.19. The number of aromatic nitrogens is 3. The summed E-state index contributed by atoms with van der Waals surface area (Å²) >= 11 is 0. The second-order valence-electron chi connectivity index (χ2n) is 10.4. The zero-order valence-electron chi connectivity index (χ0n) is 25.1. The molecule has 1 heterocycles. The highest BCUT2D eigenvalue weighted by molar-refractivity contribution is 5.96. The van der Waals surface area contributed by atoms with E-state index in [2.05, 4.69) is 31.1 Å². The highest BCUT2D eigenvalue weighted by atomic mass is 16.5. The maximum absolute atomic E-state index is 13.6. The smallest absolute Gasteiger partial charge is 0.246 e. The van der Waals surface area contributed by atoms with Crippen LogP contribution in [0.1, 0.15) is 37.4 Å². The molecule has 1 aliphatic rings. The molecule has 0 aliphatic heterocycles. The number of carbonyl (C=O) groups is 2. The number of nitrogens with one attached hydrogen (secondary N) is 4. The molecule has 5 rings (SSSR count). The Bertz CT molecular complexity index is 1760. The van der Waals surface area contributed by atoms with Gasteiger partial charge in [0.2, 0.25) is 23.0 Å². The third kappa shape index (κ3) is 6.05. The van der Waals surface area contributed by atoms with Gasteiger partial charge in [-0.1, -0.05) is 18.2 Å². The molecule has 12 heteroatoms. The molecule has 0 spiro atoms. The van der Waals surface area contributed by atoms with E-state index in [0.717, 1.165) is 16.7 Å².